The van der Waals surface area contributed by atoms with Crippen LogP contribution in [0.4, 0.5) is 10.5 Å². The lowest BCUT2D eigenvalue weighted by Crippen LogP contribution is -2.30. The third-order valence-electron chi connectivity index (χ3n) is 3.56. The fourth-order valence-corrected chi connectivity index (χ4v) is 2.33. The fraction of sp³-hybridized carbons (Fsp3) is 0.0526. The first-order valence-corrected chi connectivity index (χ1v) is 7.42. The SMILES string of the molecule is COc1ccc(C=CC=C2NC(=O)N(c3ccccc3)C2=O)cc1. The number of carbonyl (C=O) groups is 2. The molecule has 2 aromatic rings. The van der Waals surface area contributed by atoms with E-state index in [0.29, 0.717) is 5.69 Å². The quantitative estimate of drug-likeness (QED) is 0.694. The highest BCUT2D eigenvalue weighted by molar-refractivity contribution is 6.26. The molecule has 1 aliphatic rings. The third-order valence-corrected chi connectivity index (χ3v) is 3.56. The van der Waals surface area contributed by atoms with Crippen LogP contribution in [0.3, 0.4) is 0 Å². The maximum atomic E-state index is 12.4. The van der Waals surface area contributed by atoms with E-state index in [2.05, 4.69) is 5.32 Å². The summed E-state index contributed by atoms with van der Waals surface area (Å²) in [7, 11) is 1.61. The second-order valence-electron chi connectivity index (χ2n) is 5.12. The number of allylic oxidation sites excluding steroid dienone is 2. The normalized spacial score (nSPS) is 16.0. The van der Waals surface area contributed by atoms with Crippen LogP contribution in [0.1, 0.15) is 5.56 Å². The van der Waals surface area contributed by atoms with Gasteiger partial charge in [-0.25, -0.2) is 9.69 Å². The highest BCUT2D eigenvalue weighted by Gasteiger charge is 2.34. The van der Waals surface area contributed by atoms with Gasteiger partial charge in [0.1, 0.15) is 11.4 Å². The number of anilines is 1. The predicted molar refractivity (Wildman–Crippen MR) is 92.6 cm³/mol. The molecule has 0 atom stereocenters. The minimum absolute atomic E-state index is 0.244. The number of urea groups is 1. The molecule has 24 heavy (non-hydrogen) atoms. The second-order valence-corrected chi connectivity index (χ2v) is 5.12. The first-order valence-electron chi connectivity index (χ1n) is 7.42. The number of hydrogen-bond acceptors (Lipinski definition) is 3. The van der Waals surface area contributed by atoms with Gasteiger partial charge in [-0.2, -0.15) is 0 Å². The molecule has 1 fully saturated rings. The minimum Gasteiger partial charge on any atom is -0.497 e. The van der Waals surface area contributed by atoms with Crippen molar-refractivity contribution in [3.63, 3.8) is 0 Å². The lowest BCUT2D eigenvalue weighted by molar-refractivity contribution is -0.113. The van der Waals surface area contributed by atoms with E-state index in [9.17, 15) is 9.59 Å². The Morgan fingerprint density at radius 1 is 1.00 bits per heavy atom. The summed E-state index contributed by atoms with van der Waals surface area (Å²) in [5.41, 5.74) is 1.75. The standard InChI is InChI=1S/C19H16N2O3/c1-24-16-12-10-14(11-13-16)6-5-9-17-18(22)21(19(23)20-17)15-7-3-2-4-8-15/h2-13H,1H3,(H,20,23). The zero-order valence-electron chi connectivity index (χ0n) is 13.1. The van der Waals surface area contributed by atoms with Gasteiger partial charge in [0.2, 0.25) is 0 Å². The third kappa shape index (κ3) is 3.20. The summed E-state index contributed by atoms with van der Waals surface area (Å²) in [6.45, 7) is 0. The zero-order valence-corrected chi connectivity index (χ0v) is 13.1. The molecular weight excluding hydrogens is 304 g/mol. The van der Waals surface area contributed by atoms with Crippen molar-refractivity contribution in [3.8, 4) is 5.75 Å². The minimum atomic E-state index is -0.449. The van der Waals surface area contributed by atoms with Crippen LogP contribution >= 0.6 is 0 Å². The maximum Gasteiger partial charge on any atom is 0.333 e. The molecule has 5 heteroatoms. The van der Waals surface area contributed by atoms with Gasteiger partial charge in [0.05, 0.1) is 12.8 Å². The monoisotopic (exact) mass is 320 g/mol. The largest absolute Gasteiger partial charge is 0.497 e. The van der Waals surface area contributed by atoms with Gasteiger partial charge in [-0.1, -0.05) is 42.5 Å². The van der Waals surface area contributed by atoms with E-state index in [1.54, 1.807) is 43.5 Å². The molecule has 3 rings (SSSR count). The van der Waals surface area contributed by atoms with Gasteiger partial charge in [-0.05, 0) is 35.9 Å². The molecule has 2 aromatic carbocycles. The van der Waals surface area contributed by atoms with Crippen molar-refractivity contribution in [2.75, 3.05) is 12.0 Å². The number of rotatable bonds is 4. The Labute approximate surface area is 139 Å². The van der Waals surface area contributed by atoms with Crippen LogP contribution in [0.15, 0.2) is 72.4 Å². The van der Waals surface area contributed by atoms with Gasteiger partial charge in [0.25, 0.3) is 5.91 Å². The molecule has 0 aliphatic carbocycles. The molecule has 1 saturated heterocycles. The van der Waals surface area contributed by atoms with Gasteiger partial charge in [-0.3, -0.25) is 4.79 Å². The average molecular weight is 320 g/mol. The highest BCUT2D eigenvalue weighted by Crippen LogP contribution is 2.20. The van der Waals surface area contributed by atoms with Crippen molar-refractivity contribution < 1.29 is 14.3 Å². The Hall–Kier alpha value is -3.34. The van der Waals surface area contributed by atoms with E-state index in [1.807, 2.05) is 36.4 Å². The lowest BCUT2D eigenvalue weighted by Gasteiger charge is -2.10. The van der Waals surface area contributed by atoms with E-state index < -0.39 is 6.03 Å². The van der Waals surface area contributed by atoms with Crippen LogP contribution < -0.4 is 15.0 Å². The number of nitrogens with one attached hydrogen (secondary N) is 1. The number of para-hydroxylation sites is 1. The number of benzene rings is 2. The molecule has 120 valence electrons. The number of amides is 3. The molecule has 1 N–H and O–H groups in total. The van der Waals surface area contributed by atoms with Crippen molar-refractivity contribution in [1.29, 1.82) is 0 Å². The summed E-state index contributed by atoms with van der Waals surface area (Å²) in [5, 5.41) is 2.58. The number of carbonyl (C=O) groups excluding carboxylic acids is 2. The number of nitrogens with zero attached hydrogens (tertiary/aromatic N) is 1. The summed E-state index contributed by atoms with van der Waals surface area (Å²) in [6, 6.07) is 15.9. The van der Waals surface area contributed by atoms with Gasteiger partial charge in [0, 0.05) is 0 Å². The molecular formula is C19H16N2O3. The Morgan fingerprint density at radius 2 is 1.71 bits per heavy atom. The first-order chi connectivity index (χ1) is 11.7. The number of imide groups is 1. The van der Waals surface area contributed by atoms with Crippen LogP contribution in [0.25, 0.3) is 6.08 Å². The van der Waals surface area contributed by atoms with E-state index in [0.717, 1.165) is 16.2 Å². The maximum absolute atomic E-state index is 12.4. The van der Waals surface area contributed by atoms with E-state index >= 15 is 0 Å². The van der Waals surface area contributed by atoms with Crippen molar-refractivity contribution in [2.45, 2.75) is 0 Å². The van der Waals surface area contributed by atoms with Gasteiger partial charge in [0.15, 0.2) is 0 Å². The Morgan fingerprint density at radius 3 is 2.38 bits per heavy atom. The summed E-state index contributed by atoms with van der Waals surface area (Å²) in [5.74, 6) is 0.410. The van der Waals surface area contributed by atoms with Gasteiger partial charge in [-0.15, -0.1) is 0 Å². The van der Waals surface area contributed by atoms with Gasteiger partial charge >= 0.3 is 6.03 Å². The first kappa shape index (κ1) is 15.6. The van der Waals surface area contributed by atoms with Crippen molar-refractivity contribution >= 4 is 23.7 Å². The van der Waals surface area contributed by atoms with E-state index in [-0.39, 0.29) is 11.6 Å². The molecule has 1 heterocycles. The molecule has 0 bridgehead atoms. The van der Waals surface area contributed by atoms with E-state index in [4.69, 9.17) is 4.74 Å². The molecule has 3 amide bonds. The topological polar surface area (TPSA) is 58.6 Å². The second kappa shape index (κ2) is 6.83. The van der Waals surface area contributed by atoms with Crippen LogP contribution in [0.2, 0.25) is 0 Å². The Balaban J connectivity index is 1.75. The molecule has 0 saturated carbocycles. The number of methoxy groups -OCH3 is 1. The van der Waals surface area contributed by atoms with Gasteiger partial charge < -0.3 is 10.1 Å². The number of ether oxygens (including phenoxy) is 1. The predicted octanol–water partition coefficient (Wildman–Crippen LogP) is 3.35. The van der Waals surface area contributed by atoms with Crippen LogP contribution in [0, 0.1) is 0 Å². The fourth-order valence-electron chi connectivity index (χ4n) is 2.33. The summed E-state index contributed by atoms with van der Waals surface area (Å²) < 4.78 is 5.10. The molecule has 0 spiro atoms. The smallest absolute Gasteiger partial charge is 0.333 e. The summed E-state index contributed by atoms with van der Waals surface area (Å²) in [6.07, 6.45) is 5.16. The highest BCUT2D eigenvalue weighted by atomic mass is 16.5. The molecule has 1 aliphatic heterocycles. The Bertz CT molecular complexity index is 808. The van der Waals surface area contributed by atoms with Crippen molar-refractivity contribution in [2.24, 2.45) is 0 Å². The van der Waals surface area contributed by atoms with E-state index in [1.165, 1.54) is 0 Å². The lowest BCUT2D eigenvalue weighted by atomic mass is 10.2. The summed E-state index contributed by atoms with van der Waals surface area (Å²) in [4.78, 5) is 25.5. The summed E-state index contributed by atoms with van der Waals surface area (Å²) >= 11 is 0. The van der Waals surface area contributed by atoms with Crippen LogP contribution in [-0.2, 0) is 4.79 Å². The molecule has 0 aromatic heterocycles. The zero-order chi connectivity index (χ0) is 16.9. The average Bonchev–Trinajstić information content (AvgIpc) is 2.90. The van der Waals surface area contributed by atoms with Crippen LogP contribution in [0.5, 0.6) is 5.75 Å². The Kier molecular flexibility index (Phi) is 4.43. The van der Waals surface area contributed by atoms with Crippen molar-refractivity contribution in [3.05, 3.63) is 78.0 Å². The number of hydrogen-bond donors (Lipinski definition) is 1. The molecule has 0 unspecified atom stereocenters. The molecule has 0 radical (unpaired) electrons. The molecule has 5 nitrogen and oxygen atoms in total. The van der Waals surface area contributed by atoms with Crippen molar-refractivity contribution in [1.82, 2.24) is 5.32 Å². The van der Waals surface area contributed by atoms with Crippen LogP contribution in [-0.4, -0.2) is 19.0 Å².